The fourth-order valence-electron chi connectivity index (χ4n) is 3.69. The van der Waals surface area contributed by atoms with Crippen LogP contribution in [0.1, 0.15) is 66.9 Å². The van der Waals surface area contributed by atoms with Crippen LogP contribution in [0.4, 0.5) is 0 Å². The highest BCUT2D eigenvalue weighted by Gasteiger charge is 2.30. The number of nitrogens with zero attached hydrogens (tertiary/aromatic N) is 1. The SMILES string of the molecule is CCCCCC(C(=O)NCNC(=O)c1ccc(-c2ccc(C=O)c(O)c2)o1)C(CC)N(O)C=O. The summed E-state index contributed by atoms with van der Waals surface area (Å²) >= 11 is 0. The fraction of sp³-hybridized carbons (Fsp3) is 0.417. The average molecular weight is 474 g/mol. The molecule has 0 aliphatic carbocycles. The number of aldehydes is 1. The molecule has 2 unspecified atom stereocenters. The molecule has 2 aromatic rings. The lowest BCUT2D eigenvalue weighted by Gasteiger charge is -2.29. The second-order valence-electron chi connectivity index (χ2n) is 7.84. The van der Waals surface area contributed by atoms with Gasteiger partial charge in [-0.25, -0.2) is 5.06 Å². The molecule has 0 aliphatic heterocycles. The molecule has 184 valence electrons. The first kappa shape index (κ1) is 26.6. The Balaban J connectivity index is 1.98. The molecule has 4 N–H and O–H groups in total. The monoisotopic (exact) mass is 473 g/mol. The van der Waals surface area contributed by atoms with Crippen molar-refractivity contribution >= 4 is 24.5 Å². The zero-order valence-corrected chi connectivity index (χ0v) is 19.3. The van der Waals surface area contributed by atoms with Crippen LogP contribution >= 0.6 is 0 Å². The van der Waals surface area contributed by atoms with Gasteiger partial charge in [0, 0.05) is 5.56 Å². The summed E-state index contributed by atoms with van der Waals surface area (Å²) in [5, 5.41) is 25.4. The molecule has 10 nitrogen and oxygen atoms in total. The quantitative estimate of drug-likeness (QED) is 0.108. The number of phenolic OH excluding ortho intramolecular Hbond substituents is 1. The first-order valence-electron chi connectivity index (χ1n) is 11.2. The first-order valence-corrected chi connectivity index (χ1v) is 11.2. The summed E-state index contributed by atoms with van der Waals surface area (Å²) in [7, 11) is 0. The smallest absolute Gasteiger partial charge is 0.288 e. The Kier molecular flexibility index (Phi) is 10.3. The van der Waals surface area contributed by atoms with Gasteiger partial charge in [0.05, 0.1) is 24.2 Å². The Labute approximate surface area is 197 Å². The van der Waals surface area contributed by atoms with Crippen molar-refractivity contribution in [3.8, 4) is 17.1 Å². The molecule has 0 saturated carbocycles. The third-order valence-electron chi connectivity index (χ3n) is 5.57. The van der Waals surface area contributed by atoms with Gasteiger partial charge in [0.15, 0.2) is 12.0 Å². The molecule has 2 atom stereocenters. The molecule has 3 amide bonds. The van der Waals surface area contributed by atoms with E-state index in [0.29, 0.717) is 35.5 Å². The largest absolute Gasteiger partial charge is 0.507 e. The number of amides is 3. The lowest BCUT2D eigenvalue weighted by atomic mass is 9.90. The van der Waals surface area contributed by atoms with E-state index in [9.17, 15) is 29.5 Å². The summed E-state index contributed by atoms with van der Waals surface area (Å²) in [6.07, 6.45) is 4.35. The molecular formula is C24H31N3O7. The molecule has 2 rings (SSSR count). The number of aromatic hydroxyl groups is 1. The van der Waals surface area contributed by atoms with Crippen LogP contribution in [0.5, 0.6) is 5.75 Å². The van der Waals surface area contributed by atoms with Crippen molar-refractivity contribution < 1.29 is 33.9 Å². The minimum Gasteiger partial charge on any atom is -0.507 e. The second kappa shape index (κ2) is 13.1. The number of carbonyl (C=O) groups excluding carboxylic acids is 4. The molecule has 0 saturated heterocycles. The van der Waals surface area contributed by atoms with Crippen molar-refractivity contribution in [3.05, 3.63) is 41.7 Å². The van der Waals surface area contributed by atoms with Gasteiger partial charge in [-0.1, -0.05) is 39.2 Å². The van der Waals surface area contributed by atoms with Crippen molar-refractivity contribution in [2.45, 2.75) is 52.0 Å². The molecule has 1 aromatic heterocycles. The Bertz CT molecular complexity index is 989. The van der Waals surface area contributed by atoms with Gasteiger partial charge in [0.25, 0.3) is 5.91 Å². The summed E-state index contributed by atoms with van der Waals surface area (Å²) in [6, 6.07) is 6.71. The normalized spacial score (nSPS) is 12.4. The van der Waals surface area contributed by atoms with Crippen molar-refractivity contribution in [2.24, 2.45) is 5.92 Å². The maximum absolute atomic E-state index is 12.8. The molecule has 34 heavy (non-hydrogen) atoms. The van der Waals surface area contributed by atoms with Crippen LogP contribution in [-0.2, 0) is 9.59 Å². The Morgan fingerprint density at radius 2 is 1.88 bits per heavy atom. The number of hydrogen-bond donors (Lipinski definition) is 4. The number of furan rings is 1. The van der Waals surface area contributed by atoms with Crippen LogP contribution in [0.3, 0.4) is 0 Å². The van der Waals surface area contributed by atoms with Crippen LogP contribution in [0, 0.1) is 5.92 Å². The van der Waals surface area contributed by atoms with Gasteiger partial charge in [-0.05, 0) is 37.1 Å². The Hall–Kier alpha value is -3.66. The predicted molar refractivity (Wildman–Crippen MR) is 123 cm³/mol. The maximum Gasteiger partial charge on any atom is 0.288 e. The molecule has 1 aromatic carbocycles. The highest BCUT2D eigenvalue weighted by Crippen LogP contribution is 2.27. The van der Waals surface area contributed by atoms with Crippen LogP contribution in [-0.4, -0.2) is 52.6 Å². The lowest BCUT2D eigenvalue weighted by Crippen LogP contribution is -2.47. The summed E-state index contributed by atoms with van der Waals surface area (Å²) in [5.74, 6) is -1.45. The van der Waals surface area contributed by atoms with Gasteiger partial charge >= 0.3 is 0 Å². The van der Waals surface area contributed by atoms with E-state index in [4.69, 9.17) is 4.42 Å². The topological polar surface area (TPSA) is 149 Å². The summed E-state index contributed by atoms with van der Waals surface area (Å²) in [5.41, 5.74) is 0.625. The fourth-order valence-corrected chi connectivity index (χ4v) is 3.69. The highest BCUT2D eigenvalue weighted by molar-refractivity contribution is 5.92. The number of rotatable bonds is 14. The van der Waals surface area contributed by atoms with E-state index < -0.39 is 17.9 Å². The maximum atomic E-state index is 12.8. The zero-order chi connectivity index (χ0) is 25.1. The van der Waals surface area contributed by atoms with Crippen LogP contribution in [0.2, 0.25) is 0 Å². The average Bonchev–Trinajstić information content (AvgIpc) is 3.33. The highest BCUT2D eigenvalue weighted by atomic mass is 16.5. The van der Waals surface area contributed by atoms with E-state index in [0.717, 1.165) is 19.3 Å². The molecule has 0 bridgehead atoms. The second-order valence-corrected chi connectivity index (χ2v) is 7.84. The number of nitrogens with one attached hydrogen (secondary N) is 2. The summed E-state index contributed by atoms with van der Waals surface area (Å²) in [4.78, 5) is 47.0. The van der Waals surface area contributed by atoms with E-state index in [1.807, 2.05) is 6.92 Å². The van der Waals surface area contributed by atoms with Gasteiger partial charge < -0.3 is 20.2 Å². The van der Waals surface area contributed by atoms with E-state index in [2.05, 4.69) is 10.6 Å². The van der Waals surface area contributed by atoms with Crippen molar-refractivity contribution in [2.75, 3.05) is 6.67 Å². The Morgan fingerprint density at radius 3 is 2.50 bits per heavy atom. The summed E-state index contributed by atoms with van der Waals surface area (Å²) in [6.45, 7) is 3.64. The zero-order valence-electron chi connectivity index (χ0n) is 19.3. The number of hydrogen-bond acceptors (Lipinski definition) is 7. The molecule has 0 radical (unpaired) electrons. The molecule has 10 heteroatoms. The van der Waals surface area contributed by atoms with E-state index in [1.165, 1.54) is 18.2 Å². The third-order valence-corrected chi connectivity index (χ3v) is 5.57. The molecule has 0 spiro atoms. The van der Waals surface area contributed by atoms with Gasteiger partial charge in [-0.2, -0.15) is 0 Å². The number of hydroxylamine groups is 2. The van der Waals surface area contributed by atoms with Gasteiger partial charge in [-0.3, -0.25) is 24.4 Å². The standard InChI is InChI=1S/C24H31N3O7/c1-3-5-6-7-18(19(4-2)27(33)15-29)23(31)25-14-26-24(32)22-11-10-21(34-22)16-8-9-17(13-28)20(30)12-16/h8-13,15,18-19,30,33H,3-7,14H2,1-2H3,(H,25,31)(H,26,32). The molecule has 1 heterocycles. The van der Waals surface area contributed by atoms with E-state index in [1.54, 1.807) is 19.1 Å². The Morgan fingerprint density at radius 1 is 1.12 bits per heavy atom. The van der Waals surface area contributed by atoms with Crippen LogP contribution in [0.25, 0.3) is 11.3 Å². The molecular weight excluding hydrogens is 442 g/mol. The van der Waals surface area contributed by atoms with E-state index in [-0.39, 0.29) is 36.1 Å². The van der Waals surface area contributed by atoms with Crippen molar-refractivity contribution in [3.63, 3.8) is 0 Å². The van der Waals surface area contributed by atoms with Crippen LogP contribution in [0.15, 0.2) is 34.7 Å². The number of unbranched alkanes of at least 4 members (excludes halogenated alkanes) is 2. The van der Waals surface area contributed by atoms with Crippen molar-refractivity contribution in [1.29, 1.82) is 0 Å². The van der Waals surface area contributed by atoms with Gasteiger partial charge in [0.1, 0.15) is 11.5 Å². The first-order chi connectivity index (χ1) is 16.4. The number of benzene rings is 1. The van der Waals surface area contributed by atoms with Gasteiger partial charge in [-0.15, -0.1) is 0 Å². The van der Waals surface area contributed by atoms with Crippen molar-refractivity contribution in [1.82, 2.24) is 15.7 Å². The minimum absolute atomic E-state index is 0.00313. The summed E-state index contributed by atoms with van der Waals surface area (Å²) < 4.78 is 5.53. The minimum atomic E-state index is -0.667. The molecule has 0 aliphatic rings. The number of phenols is 1. The molecule has 0 fully saturated rings. The van der Waals surface area contributed by atoms with E-state index >= 15 is 0 Å². The number of carbonyl (C=O) groups is 4. The van der Waals surface area contributed by atoms with Gasteiger partial charge in [0.2, 0.25) is 12.3 Å². The predicted octanol–water partition coefficient (Wildman–Crippen LogP) is 3.09. The lowest BCUT2D eigenvalue weighted by molar-refractivity contribution is -0.168. The van der Waals surface area contributed by atoms with Crippen LogP contribution < -0.4 is 10.6 Å². The third kappa shape index (κ3) is 6.92.